The largest absolute Gasteiger partial charge is 0.469 e. The van der Waals surface area contributed by atoms with Crippen molar-refractivity contribution in [3.05, 3.63) is 12.2 Å². The highest BCUT2D eigenvalue weighted by Gasteiger charge is 2.43. The van der Waals surface area contributed by atoms with Crippen LogP contribution in [0.1, 0.15) is 59.8 Å². The molecule has 0 radical (unpaired) electrons. The molecule has 0 aromatic rings. The summed E-state index contributed by atoms with van der Waals surface area (Å²) in [5.41, 5.74) is -0.234. The molecule has 22 heavy (non-hydrogen) atoms. The van der Waals surface area contributed by atoms with Crippen molar-refractivity contribution >= 4 is 5.97 Å². The van der Waals surface area contributed by atoms with Gasteiger partial charge >= 0.3 is 5.97 Å². The molecule has 0 aliphatic carbocycles. The van der Waals surface area contributed by atoms with Crippen molar-refractivity contribution in [3.8, 4) is 0 Å². The maximum Gasteiger partial charge on any atom is 0.308 e. The van der Waals surface area contributed by atoms with Crippen LogP contribution >= 0.6 is 0 Å². The molecular weight excluding hydrogens is 280 g/mol. The Morgan fingerprint density at radius 3 is 2.68 bits per heavy atom. The van der Waals surface area contributed by atoms with E-state index in [2.05, 4.69) is 24.7 Å². The Kier molecular flexibility index (Phi) is 7.57. The Morgan fingerprint density at radius 2 is 2.18 bits per heavy atom. The third-order valence-electron chi connectivity index (χ3n) is 4.85. The highest BCUT2D eigenvalue weighted by molar-refractivity contribution is 5.69. The minimum atomic E-state index is -0.668. The van der Waals surface area contributed by atoms with Gasteiger partial charge in [-0.15, -0.1) is 0 Å². The predicted molar refractivity (Wildman–Crippen MR) is 87.5 cm³/mol. The van der Waals surface area contributed by atoms with Gasteiger partial charge in [0.25, 0.3) is 0 Å². The number of ether oxygens (including phenoxy) is 2. The first-order valence-electron chi connectivity index (χ1n) is 8.44. The molecule has 1 rings (SSSR count). The van der Waals surface area contributed by atoms with Crippen LogP contribution < -0.4 is 0 Å². The van der Waals surface area contributed by atoms with E-state index in [4.69, 9.17) is 4.74 Å². The summed E-state index contributed by atoms with van der Waals surface area (Å²) < 4.78 is 10.9. The number of allylic oxidation sites excluding steroid dienone is 1. The van der Waals surface area contributed by atoms with Crippen molar-refractivity contribution < 1.29 is 19.4 Å². The fraction of sp³-hybridized carbons (Fsp3) is 0.833. The number of methoxy groups -OCH3 is 1. The van der Waals surface area contributed by atoms with Crippen LogP contribution in [-0.2, 0) is 14.3 Å². The second-order valence-corrected chi connectivity index (χ2v) is 6.65. The number of carbonyl (C=O) groups is 1. The van der Waals surface area contributed by atoms with Gasteiger partial charge in [-0.05, 0) is 38.5 Å². The van der Waals surface area contributed by atoms with Gasteiger partial charge in [0.15, 0.2) is 0 Å². The molecule has 1 aliphatic rings. The number of rotatable bonds is 8. The first-order chi connectivity index (χ1) is 10.4. The molecular formula is C18H32O4. The summed E-state index contributed by atoms with van der Waals surface area (Å²) in [6.07, 6.45) is 7.41. The summed E-state index contributed by atoms with van der Waals surface area (Å²) >= 11 is 0. The van der Waals surface area contributed by atoms with E-state index in [1.165, 1.54) is 7.11 Å². The average Bonchev–Trinajstić information content (AvgIpc) is 2.81. The summed E-state index contributed by atoms with van der Waals surface area (Å²) in [7, 11) is 1.35. The van der Waals surface area contributed by atoms with E-state index in [1.807, 2.05) is 19.9 Å². The van der Waals surface area contributed by atoms with Gasteiger partial charge in [-0.3, -0.25) is 4.79 Å². The van der Waals surface area contributed by atoms with Crippen LogP contribution in [0.2, 0.25) is 0 Å². The van der Waals surface area contributed by atoms with Crippen molar-refractivity contribution in [3.63, 3.8) is 0 Å². The number of aliphatic hydroxyl groups is 1. The van der Waals surface area contributed by atoms with Gasteiger partial charge in [-0.25, -0.2) is 0 Å². The number of hydrogen-bond donors (Lipinski definition) is 1. The van der Waals surface area contributed by atoms with Crippen molar-refractivity contribution in [2.45, 2.75) is 77.6 Å². The Hall–Kier alpha value is -0.870. The van der Waals surface area contributed by atoms with E-state index in [1.54, 1.807) is 0 Å². The van der Waals surface area contributed by atoms with Gasteiger partial charge < -0.3 is 14.6 Å². The van der Waals surface area contributed by atoms with Crippen LogP contribution in [0.25, 0.3) is 0 Å². The van der Waals surface area contributed by atoms with Crippen LogP contribution in [0, 0.1) is 11.8 Å². The van der Waals surface area contributed by atoms with E-state index in [0.717, 1.165) is 25.7 Å². The van der Waals surface area contributed by atoms with Crippen LogP contribution in [0.3, 0.4) is 0 Å². The maximum atomic E-state index is 11.4. The summed E-state index contributed by atoms with van der Waals surface area (Å²) in [6, 6.07) is 0. The smallest absolute Gasteiger partial charge is 0.308 e. The third-order valence-corrected chi connectivity index (χ3v) is 4.85. The average molecular weight is 312 g/mol. The molecule has 1 fully saturated rings. The van der Waals surface area contributed by atoms with Gasteiger partial charge in [0.1, 0.15) is 0 Å². The minimum absolute atomic E-state index is 0.0472. The molecule has 1 N–H and O–H groups in total. The molecule has 0 saturated carbocycles. The molecule has 4 heteroatoms. The van der Waals surface area contributed by atoms with Crippen LogP contribution in [-0.4, -0.2) is 36.0 Å². The quantitative estimate of drug-likeness (QED) is 0.551. The Balaban J connectivity index is 2.71. The molecule has 4 nitrogen and oxygen atoms in total. The number of aliphatic hydroxyl groups excluding tert-OH is 1. The fourth-order valence-electron chi connectivity index (χ4n) is 3.57. The van der Waals surface area contributed by atoms with E-state index < -0.39 is 6.10 Å². The Bertz CT molecular complexity index is 379. The molecule has 0 amide bonds. The van der Waals surface area contributed by atoms with Crippen molar-refractivity contribution in [2.24, 2.45) is 11.8 Å². The maximum absolute atomic E-state index is 11.4. The lowest BCUT2D eigenvalue weighted by Crippen LogP contribution is -2.34. The minimum Gasteiger partial charge on any atom is -0.469 e. The van der Waals surface area contributed by atoms with Crippen molar-refractivity contribution in [1.82, 2.24) is 0 Å². The molecule has 0 aromatic carbocycles. The Morgan fingerprint density at radius 1 is 1.50 bits per heavy atom. The molecule has 0 spiro atoms. The van der Waals surface area contributed by atoms with Crippen molar-refractivity contribution in [1.29, 1.82) is 0 Å². The van der Waals surface area contributed by atoms with Gasteiger partial charge in [0.05, 0.1) is 31.3 Å². The molecule has 1 heterocycles. The molecule has 1 saturated heterocycles. The highest BCUT2D eigenvalue weighted by Crippen LogP contribution is 2.42. The summed E-state index contributed by atoms with van der Waals surface area (Å²) in [5, 5.41) is 10.3. The van der Waals surface area contributed by atoms with E-state index in [-0.39, 0.29) is 30.0 Å². The van der Waals surface area contributed by atoms with E-state index in [9.17, 15) is 9.90 Å². The summed E-state index contributed by atoms with van der Waals surface area (Å²) in [6.45, 7) is 8.39. The topological polar surface area (TPSA) is 55.8 Å². The van der Waals surface area contributed by atoms with Gasteiger partial charge in [0, 0.05) is 0 Å². The number of carbonyl (C=O) groups excluding carboxylic acids is 1. The zero-order valence-electron chi connectivity index (χ0n) is 14.7. The van der Waals surface area contributed by atoms with Crippen LogP contribution in [0.5, 0.6) is 0 Å². The molecule has 128 valence electrons. The highest BCUT2D eigenvalue weighted by atomic mass is 16.5. The van der Waals surface area contributed by atoms with Crippen LogP contribution in [0.15, 0.2) is 12.2 Å². The first-order valence-corrected chi connectivity index (χ1v) is 8.44. The van der Waals surface area contributed by atoms with Gasteiger partial charge in [0.2, 0.25) is 0 Å². The lowest BCUT2D eigenvalue weighted by molar-refractivity contribution is -0.144. The van der Waals surface area contributed by atoms with E-state index >= 15 is 0 Å². The standard InChI is InChI=1S/C18H32O4/c1-6-9-16-14(8-3)12-18(4,22-16)11-13(7-2)15(19)10-17(20)21-5/h6,9,13-16,19H,7-8,10-12H2,1-5H3/b9-6+/t13-,14?,15-,16+,18-/m1/s1. The predicted octanol–water partition coefficient (Wildman–Crippen LogP) is 3.48. The summed E-state index contributed by atoms with van der Waals surface area (Å²) in [5.74, 6) is 0.212. The molecule has 5 atom stereocenters. The third kappa shape index (κ3) is 5.10. The molecule has 0 bridgehead atoms. The molecule has 1 unspecified atom stereocenters. The molecule has 0 aromatic heterocycles. The monoisotopic (exact) mass is 312 g/mol. The zero-order valence-corrected chi connectivity index (χ0v) is 14.7. The Labute approximate surface area is 134 Å². The van der Waals surface area contributed by atoms with Crippen LogP contribution in [0.4, 0.5) is 0 Å². The van der Waals surface area contributed by atoms with Gasteiger partial charge in [-0.2, -0.15) is 0 Å². The zero-order chi connectivity index (χ0) is 16.8. The van der Waals surface area contributed by atoms with Gasteiger partial charge in [-0.1, -0.05) is 38.8 Å². The SMILES string of the molecule is C/C=C/[C@@H]1O[C@](C)(C[C@@H](CC)[C@H](O)CC(=O)OC)CC1CC. The molecule has 1 aliphatic heterocycles. The lowest BCUT2D eigenvalue weighted by atomic mass is 9.81. The summed E-state index contributed by atoms with van der Waals surface area (Å²) in [4.78, 5) is 11.4. The second-order valence-electron chi connectivity index (χ2n) is 6.65. The van der Waals surface area contributed by atoms with Crippen molar-refractivity contribution in [2.75, 3.05) is 7.11 Å². The second kappa shape index (κ2) is 8.68. The number of esters is 1. The first kappa shape index (κ1) is 19.2. The normalized spacial score (nSPS) is 31.4. The fourth-order valence-corrected chi connectivity index (χ4v) is 3.57. The van der Waals surface area contributed by atoms with E-state index in [0.29, 0.717) is 5.92 Å². The lowest BCUT2D eigenvalue weighted by Gasteiger charge is -2.31. The number of hydrogen-bond acceptors (Lipinski definition) is 4.